The average Bonchev–Trinajstić information content (AvgIpc) is 2.22. The van der Waals surface area contributed by atoms with Gasteiger partial charge in [-0.25, -0.2) is 0 Å². The summed E-state index contributed by atoms with van der Waals surface area (Å²) in [5.41, 5.74) is 5.49. The van der Waals surface area contributed by atoms with Crippen LogP contribution in [0.4, 0.5) is 0 Å². The average molecular weight is 339 g/mol. The van der Waals surface area contributed by atoms with Crippen LogP contribution in [0.3, 0.4) is 0 Å². The number of nitrogens with two attached hydrogens (primary N) is 1. The van der Waals surface area contributed by atoms with Gasteiger partial charge in [0.15, 0.2) is 0 Å². The molecule has 0 atom stereocenters. The van der Waals surface area contributed by atoms with E-state index in [0.29, 0.717) is 22.3 Å². The molecule has 0 unspecified atom stereocenters. The molecular formula is C12H14BrCl2NO. The Hall–Kier alpha value is 0.0400. The van der Waals surface area contributed by atoms with Crippen molar-refractivity contribution in [3.63, 3.8) is 0 Å². The maximum absolute atomic E-state index is 6.14. The Labute approximate surface area is 120 Å². The topological polar surface area (TPSA) is 35.2 Å². The van der Waals surface area contributed by atoms with Crippen molar-refractivity contribution in [3.8, 4) is 5.75 Å². The molecule has 17 heavy (non-hydrogen) atoms. The molecule has 0 radical (unpaired) electrons. The van der Waals surface area contributed by atoms with E-state index in [0.717, 1.165) is 23.7 Å². The normalized spacial score (nSPS) is 17.6. The molecule has 1 aliphatic rings. The molecule has 0 heterocycles. The quantitative estimate of drug-likeness (QED) is 0.825. The largest absolute Gasteiger partial charge is 0.486 e. The molecule has 2 rings (SSSR count). The van der Waals surface area contributed by atoms with Crippen LogP contribution < -0.4 is 10.5 Å². The van der Waals surface area contributed by atoms with Crippen LogP contribution in [-0.2, 0) is 0 Å². The first-order chi connectivity index (χ1) is 8.06. The molecular weight excluding hydrogens is 325 g/mol. The molecule has 94 valence electrons. The van der Waals surface area contributed by atoms with Crippen LogP contribution in [-0.4, -0.2) is 12.1 Å². The van der Waals surface area contributed by atoms with Gasteiger partial charge in [-0.15, -0.1) is 0 Å². The monoisotopic (exact) mass is 337 g/mol. The lowest BCUT2D eigenvalue weighted by atomic mass is 9.77. The first-order valence-electron chi connectivity index (χ1n) is 5.60. The van der Waals surface area contributed by atoms with Crippen LogP contribution in [0.15, 0.2) is 16.6 Å². The minimum absolute atomic E-state index is 0.129. The Morgan fingerprint density at radius 1 is 1.29 bits per heavy atom. The summed E-state index contributed by atoms with van der Waals surface area (Å²) in [5, 5.41) is 1.18. The van der Waals surface area contributed by atoms with Crippen molar-refractivity contribution >= 4 is 39.1 Å². The van der Waals surface area contributed by atoms with Gasteiger partial charge in [-0.1, -0.05) is 23.2 Å². The van der Waals surface area contributed by atoms with Crippen LogP contribution in [0.5, 0.6) is 5.75 Å². The molecule has 0 amide bonds. The minimum Gasteiger partial charge on any atom is -0.486 e. The van der Waals surface area contributed by atoms with Gasteiger partial charge in [0.25, 0.3) is 0 Å². The molecule has 1 saturated carbocycles. The van der Waals surface area contributed by atoms with Gasteiger partial charge >= 0.3 is 0 Å². The van der Waals surface area contributed by atoms with Crippen molar-refractivity contribution in [2.24, 2.45) is 5.73 Å². The third-order valence-electron chi connectivity index (χ3n) is 3.17. The first kappa shape index (κ1) is 13.5. The van der Waals surface area contributed by atoms with E-state index in [1.54, 1.807) is 12.1 Å². The molecule has 0 aromatic heterocycles. The third kappa shape index (κ3) is 2.90. The summed E-state index contributed by atoms with van der Waals surface area (Å²) in [5.74, 6) is 0.646. The standard InChI is InChI=1S/C12H14BrCl2NO/c13-8-6-10(15)11(7-9(8)14)17-12(4-5-16)2-1-3-12/h6-7H,1-5,16H2. The lowest BCUT2D eigenvalue weighted by Gasteiger charge is -2.42. The third-order valence-corrected chi connectivity index (χ3v) is 4.66. The zero-order chi connectivity index (χ0) is 12.5. The van der Waals surface area contributed by atoms with E-state index in [4.69, 9.17) is 33.7 Å². The van der Waals surface area contributed by atoms with Gasteiger partial charge in [-0.2, -0.15) is 0 Å². The van der Waals surface area contributed by atoms with Gasteiger partial charge in [0.05, 0.1) is 10.0 Å². The molecule has 0 bridgehead atoms. The summed E-state index contributed by atoms with van der Waals surface area (Å²) < 4.78 is 6.80. The van der Waals surface area contributed by atoms with E-state index in [-0.39, 0.29) is 5.60 Å². The van der Waals surface area contributed by atoms with Crippen LogP contribution >= 0.6 is 39.1 Å². The van der Waals surface area contributed by atoms with Crippen LogP contribution in [0, 0.1) is 0 Å². The van der Waals surface area contributed by atoms with E-state index >= 15 is 0 Å². The summed E-state index contributed by atoms with van der Waals surface area (Å²) in [6.45, 7) is 0.627. The Bertz CT molecular complexity index is 421. The van der Waals surface area contributed by atoms with Gasteiger partial charge in [-0.05, 0) is 54.2 Å². The second kappa shape index (κ2) is 5.35. The molecule has 2 N–H and O–H groups in total. The van der Waals surface area contributed by atoms with Crippen LogP contribution in [0.25, 0.3) is 0 Å². The lowest BCUT2D eigenvalue weighted by molar-refractivity contribution is -0.0124. The second-order valence-corrected chi connectivity index (χ2v) is 6.04. The number of hydrogen-bond acceptors (Lipinski definition) is 2. The Kier molecular flexibility index (Phi) is 4.24. The van der Waals surface area contributed by atoms with E-state index in [1.165, 1.54) is 6.42 Å². The molecule has 5 heteroatoms. The molecule has 0 aliphatic heterocycles. The smallest absolute Gasteiger partial charge is 0.140 e. The van der Waals surface area contributed by atoms with Gasteiger partial charge in [0.1, 0.15) is 11.4 Å². The van der Waals surface area contributed by atoms with Crippen LogP contribution in [0.2, 0.25) is 10.0 Å². The molecule has 0 spiro atoms. The number of halogens is 3. The van der Waals surface area contributed by atoms with Crippen molar-refractivity contribution < 1.29 is 4.74 Å². The summed E-state index contributed by atoms with van der Waals surface area (Å²) in [6.07, 6.45) is 4.11. The fourth-order valence-electron chi connectivity index (χ4n) is 2.05. The maximum Gasteiger partial charge on any atom is 0.140 e. The van der Waals surface area contributed by atoms with E-state index in [1.807, 2.05) is 0 Å². The Morgan fingerprint density at radius 2 is 2.00 bits per heavy atom. The highest BCUT2D eigenvalue weighted by Crippen LogP contribution is 2.42. The van der Waals surface area contributed by atoms with Gasteiger partial charge in [0.2, 0.25) is 0 Å². The van der Waals surface area contributed by atoms with Crippen molar-refractivity contribution in [3.05, 3.63) is 26.7 Å². The van der Waals surface area contributed by atoms with E-state index in [2.05, 4.69) is 15.9 Å². The van der Waals surface area contributed by atoms with Crippen molar-refractivity contribution in [1.82, 2.24) is 0 Å². The predicted octanol–water partition coefficient (Wildman–Crippen LogP) is 4.41. The van der Waals surface area contributed by atoms with Gasteiger partial charge in [-0.3, -0.25) is 0 Å². The van der Waals surface area contributed by atoms with Gasteiger partial charge < -0.3 is 10.5 Å². The first-order valence-corrected chi connectivity index (χ1v) is 7.15. The molecule has 0 saturated heterocycles. The fourth-order valence-corrected chi connectivity index (χ4v) is 2.88. The lowest BCUT2D eigenvalue weighted by Crippen LogP contribution is -2.44. The van der Waals surface area contributed by atoms with E-state index in [9.17, 15) is 0 Å². The Morgan fingerprint density at radius 3 is 2.53 bits per heavy atom. The minimum atomic E-state index is -0.129. The van der Waals surface area contributed by atoms with Crippen molar-refractivity contribution in [2.45, 2.75) is 31.3 Å². The van der Waals surface area contributed by atoms with E-state index < -0.39 is 0 Å². The molecule has 1 fully saturated rings. The zero-order valence-electron chi connectivity index (χ0n) is 9.31. The number of benzene rings is 1. The molecule has 1 aromatic carbocycles. The summed E-state index contributed by atoms with van der Waals surface area (Å²) >= 11 is 15.5. The van der Waals surface area contributed by atoms with Crippen molar-refractivity contribution in [2.75, 3.05) is 6.54 Å². The zero-order valence-corrected chi connectivity index (χ0v) is 12.4. The molecule has 1 aliphatic carbocycles. The molecule has 1 aromatic rings. The number of rotatable bonds is 4. The highest BCUT2D eigenvalue weighted by molar-refractivity contribution is 9.10. The summed E-state index contributed by atoms with van der Waals surface area (Å²) in [7, 11) is 0. The fraction of sp³-hybridized carbons (Fsp3) is 0.500. The number of ether oxygens (including phenoxy) is 1. The second-order valence-electron chi connectivity index (χ2n) is 4.37. The highest BCUT2D eigenvalue weighted by Gasteiger charge is 2.39. The number of hydrogen-bond donors (Lipinski definition) is 1. The summed E-state index contributed by atoms with van der Waals surface area (Å²) in [4.78, 5) is 0. The highest BCUT2D eigenvalue weighted by atomic mass is 79.9. The molecule has 2 nitrogen and oxygen atoms in total. The van der Waals surface area contributed by atoms with Gasteiger partial charge in [0, 0.05) is 10.5 Å². The summed E-state index contributed by atoms with van der Waals surface area (Å²) in [6, 6.07) is 3.51. The van der Waals surface area contributed by atoms with Crippen LogP contribution in [0.1, 0.15) is 25.7 Å². The Balaban J connectivity index is 2.20. The predicted molar refractivity (Wildman–Crippen MR) is 75.0 cm³/mol. The van der Waals surface area contributed by atoms with Crippen molar-refractivity contribution in [1.29, 1.82) is 0 Å². The SMILES string of the molecule is NCCC1(Oc2cc(Cl)c(Br)cc2Cl)CCC1. The maximum atomic E-state index is 6.14.